The minimum absolute atomic E-state index is 0. The zero-order chi connectivity index (χ0) is 8.81. The fourth-order valence-electron chi connectivity index (χ4n) is 0.990. The van der Waals surface area contributed by atoms with Gasteiger partial charge in [-0.15, -0.1) is 19.8 Å². The third-order valence-corrected chi connectivity index (χ3v) is 1.95. The van der Waals surface area contributed by atoms with E-state index in [2.05, 4.69) is 38.2 Å². The molecule has 0 aromatic carbocycles. The minimum Gasteiger partial charge on any atom is -1.00 e. The molecule has 0 heterocycles. The molecule has 0 amide bonds. The van der Waals surface area contributed by atoms with Gasteiger partial charge >= 0.3 is 0 Å². The summed E-state index contributed by atoms with van der Waals surface area (Å²) >= 11 is 0. The van der Waals surface area contributed by atoms with Crippen molar-refractivity contribution in [1.82, 2.24) is 0 Å². The SMILES string of the molecule is CC1=[C-]CC=C1C.[C-]1=CC=CC1.[H-].[H-].[Hf]. The predicted octanol–water partition coefficient (Wildman–Crippen LogP) is 3.61. The first kappa shape index (κ1) is 12.8. The van der Waals surface area contributed by atoms with Gasteiger partial charge in [0, 0.05) is 25.8 Å². The molecule has 0 aromatic rings. The van der Waals surface area contributed by atoms with Gasteiger partial charge in [0.1, 0.15) is 0 Å². The average molecular weight is 339 g/mol. The van der Waals surface area contributed by atoms with Crippen LogP contribution in [-0.2, 0) is 25.8 Å². The molecular formula is C12H16Hf-4. The van der Waals surface area contributed by atoms with E-state index >= 15 is 0 Å². The van der Waals surface area contributed by atoms with Crippen molar-refractivity contribution in [2.24, 2.45) is 0 Å². The van der Waals surface area contributed by atoms with Crippen LogP contribution in [0.15, 0.2) is 35.5 Å². The van der Waals surface area contributed by atoms with Crippen molar-refractivity contribution in [3.05, 3.63) is 47.6 Å². The van der Waals surface area contributed by atoms with Gasteiger partial charge < -0.3 is 2.85 Å². The van der Waals surface area contributed by atoms with E-state index in [0.717, 1.165) is 12.8 Å². The summed E-state index contributed by atoms with van der Waals surface area (Å²) < 4.78 is 0. The van der Waals surface area contributed by atoms with E-state index in [-0.39, 0.29) is 28.7 Å². The second kappa shape index (κ2) is 7.25. The molecule has 72 valence electrons. The normalized spacial score (nSPS) is 17.1. The second-order valence-electron chi connectivity index (χ2n) is 2.90. The Morgan fingerprint density at radius 2 is 2.08 bits per heavy atom. The standard InChI is InChI=1S/C7H9.C5H5.Hf.2H/c1-6-4-3-5-7(6)2;1-2-4-5-3-1;;;/h4H,3H2,1-2H3;1-3H,4H2;;;/q2*-1;;2*-1. The molecule has 2 aliphatic carbocycles. The van der Waals surface area contributed by atoms with Crippen molar-refractivity contribution in [3.63, 3.8) is 0 Å². The fraction of sp³-hybridized carbons (Fsp3) is 0.333. The van der Waals surface area contributed by atoms with Crippen LogP contribution in [0.4, 0.5) is 0 Å². The Hall–Kier alpha value is -0.170. The third kappa shape index (κ3) is 5.20. The van der Waals surface area contributed by atoms with E-state index in [1.165, 1.54) is 11.1 Å². The molecule has 0 bridgehead atoms. The molecule has 0 aliphatic heterocycles. The number of hydrogen-bond acceptors (Lipinski definition) is 0. The number of rotatable bonds is 0. The molecule has 0 unspecified atom stereocenters. The summed E-state index contributed by atoms with van der Waals surface area (Å²) in [5, 5.41) is 0. The minimum atomic E-state index is 0. The summed E-state index contributed by atoms with van der Waals surface area (Å²) in [6.45, 7) is 4.22. The number of hydrogen-bond donors (Lipinski definition) is 0. The van der Waals surface area contributed by atoms with Crippen molar-refractivity contribution < 1.29 is 28.7 Å². The molecule has 0 N–H and O–H groups in total. The average Bonchev–Trinajstić information content (AvgIpc) is 2.67. The van der Waals surface area contributed by atoms with Crippen LogP contribution in [0.1, 0.15) is 29.5 Å². The van der Waals surface area contributed by atoms with Gasteiger partial charge in [0.05, 0.1) is 0 Å². The molecule has 1 heteroatoms. The molecule has 0 nitrogen and oxygen atoms in total. The van der Waals surface area contributed by atoms with Crippen LogP contribution in [-0.4, -0.2) is 0 Å². The molecule has 0 fully saturated rings. The van der Waals surface area contributed by atoms with Crippen LogP contribution in [0.3, 0.4) is 0 Å². The molecule has 2 aliphatic rings. The monoisotopic (exact) mass is 340 g/mol. The van der Waals surface area contributed by atoms with Crippen LogP contribution < -0.4 is 0 Å². The van der Waals surface area contributed by atoms with Gasteiger partial charge in [-0.05, 0) is 0 Å². The predicted molar refractivity (Wildman–Crippen MR) is 54.6 cm³/mol. The Balaban J connectivity index is -0.000000165. The quantitative estimate of drug-likeness (QED) is 0.467. The summed E-state index contributed by atoms with van der Waals surface area (Å²) in [5.74, 6) is 0. The van der Waals surface area contributed by atoms with Crippen LogP contribution in [0.25, 0.3) is 0 Å². The van der Waals surface area contributed by atoms with E-state index in [1.807, 2.05) is 12.2 Å². The van der Waals surface area contributed by atoms with Crippen molar-refractivity contribution in [3.8, 4) is 0 Å². The largest absolute Gasteiger partial charge is 1.00 e. The molecule has 2 rings (SSSR count). The van der Waals surface area contributed by atoms with E-state index in [9.17, 15) is 0 Å². The Labute approximate surface area is 103 Å². The van der Waals surface area contributed by atoms with Crippen molar-refractivity contribution >= 4 is 0 Å². The molecular weight excluding hydrogens is 323 g/mol. The smallest absolute Gasteiger partial charge is 0 e. The van der Waals surface area contributed by atoms with Gasteiger partial charge in [-0.2, -0.15) is 12.2 Å². The molecule has 0 spiro atoms. The Morgan fingerprint density at radius 1 is 1.31 bits per heavy atom. The van der Waals surface area contributed by atoms with E-state index in [1.54, 1.807) is 0 Å². The van der Waals surface area contributed by atoms with Crippen LogP contribution >= 0.6 is 0 Å². The van der Waals surface area contributed by atoms with E-state index < -0.39 is 0 Å². The zero-order valence-electron chi connectivity index (χ0n) is 10.2. The summed E-state index contributed by atoms with van der Waals surface area (Å²) in [6, 6.07) is 0. The molecule has 0 aromatic heterocycles. The van der Waals surface area contributed by atoms with Gasteiger partial charge in [0.25, 0.3) is 0 Å². The van der Waals surface area contributed by atoms with Crippen LogP contribution in [0.2, 0.25) is 0 Å². The molecule has 0 radical (unpaired) electrons. The van der Waals surface area contributed by atoms with Gasteiger partial charge in [0.15, 0.2) is 0 Å². The Morgan fingerprint density at radius 3 is 2.23 bits per heavy atom. The first-order chi connectivity index (χ1) is 5.80. The first-order valence-electron chi connectivity index (χ1n) is 4.27. The fourth-order valence-corrected chi connectivity index (χ4v) is 0.990. The summed E-state index contributed by atoms with van der Waals surface area (Å²) in [7, 11) is 0. The molecule has 0 saturated carbocycles. The van der Waals surface area contributed by atoms with Gasteiger partial charge in [-0.25, -0.2) is 23.3 Å². The topological polar surface area (TPSA) is 0 Å². The summed E-state index contributed by atoms with van der Waals surface area (Å²) in [4.78, 5) is 0. The maximum absolute atomic E-state index is 3.19. The summed E-state index contributed by atoms with van der Waals surface area (Å²) in [6.07, 6.45) is 16.4. The number of allylic oxidation sites excluding steroid dienone is 8. The van der Waals surface area contributed by atoms with Crippen molar-refractivity contribution in [2.75, 3.05) is 0 Å². The maximum atomic E-state index is 3.19. The molecule has 0 saturated heterocycles. The zero-order valence-corrected chi connectivity index (χ0v) is 11.8. The van der Waals surface area contributed by atoms with E-state index in [4.69, 9.17) is 0 Å². The van der Waals surface area contributed by atoms with Crippen LogP contribution in [0, 0.1) is 12.2 Å². The van der Waals surface area contributed by atoms with Crippen molar-refractivity contribution in [2.45, 2.75) is 26.7 Å². The summed E-state index contributed by atoms with van der Waals surface area (Å²) in [5.41, 5.74) is 2.71. The Bertz CT molecular complexity index is 237. The third-order valence-electron chi connectivity index (χ3n) is 1.95. The molecule has 13 heavy (non-hydrogen) atoms. The first-order valence-corrected chi connectivity index (χ1v) is 4.27. The van der Waals surface area contributed by atoms with Gasteiger partial charge in [-0.3, -0.25) is 12.2 Å². The van der Waals surface area contributed by atoms with Gasteiger partial charge in [-0.1, -0.05) is 6.92 Å². The van der Waals surface area contributed by atoms with Gasteiger partial charge in [0.2, 0.25) is 0 Å². The van der Waals surface area contributed by atoms with Crippen LogP contribution in [0.5, 0.6) is 0 Å². The molecule has 0 atom stereocenters. The van der Waals surface area contributed by atoms with Crippen molar-refractivity contribution in [1.29, 1.82) is 0 Å². The van der Waals surface area contributed by atoms with E-state index in [0.29, 0.717) is 0 Å². The Kier molecular flexibility index (Phi) is 7.16. The second-order valence-corrected chi connectivity index (χ2v) is 2.90. The maximum Gasteiger partial charge on any atom is 0 e.